The van der Waals surface area contributed by atoms with Gasteiger partial charge < -0.3 is 14.8 Å². The number of rotatable bonds is 5. The molecule has 2 aromatic rings. The summed E-state index contributed by atoms with van der Waals surface area (Å²) < 4.78 is 2.15. The molecule has 0 radical (unpaired) electrons. The molecule has 0 bridgehead atoms. The number of aryl methyl sites for hydroxylation is 1. The summed E-state index contributed by atoms with van der Waals surface area (Å²) in [4.78, 5) is 14.3. The van der Waals surface area contributed by atoms with Crippen LogP contribution in [0.4, 0.5) is 4.79 Å². The first kappa shape index (κ1) is 19.0. The number of nitrogens with zero attached hydrogens (tertiary/aromatic N) is 5. The molecule has 0 atom stereocenters. The summed E-state index contributed by atoms with van der Waals surface area (Å²) in [5.74, 6) is 0.835. The molecule has 2 aromatic heterocycles. The van der Waals surface area contributed by atoms with Crippen LogP contribution in [0.5, 0.6) is 0 Å². The fourth-order valence-electron chi connectivity index (χ4n) is 4.50. The third-order valence-electron chi connectivity index (χ3n) is 6.14. The van der Waals surface area contributed by atoms with Crippen molar-refractivity contribution in [2.24, 2.45) is 0 Å². The Hall–Kier alpha value is -2.38. The summed E-state index contributed by atoms with van der Waals surface area (Å²) in [6.07, 6.45) is 13.8. The highest BCUT2D eigenvalue weighted by molar-refractivity contribution is 5.73. The van der Waals surface area contributed by atoms with Gasteiger partial charge in [0.25, 0.3) is 0 Å². The predicted molar refractivity (Wildman–Crippen MR) is 106 cm³/mol. The molecule has 0 aromatic carbocycles. The molecule has 1 saturated carbocycles. The average molecular weight is 386 g/mol. The van der Waals surface area contributed by atoms with E-state index in [1.807, 2.05) is 7.05 Å². The van der Waals surface area contributed by atoms with Crippen molar-refractivity contribution in [3.05, 3.63) is 29.1 Å². The zero-order chi connectivity index (χ0) is 19.3. The van der Waals surface area contributed by atoms with Crippen molar-refractivity contribution in [2.45, 2.75) is 83.3 Å². The third kappa shape index (κ3) is 4.20. The van der Waals surface area contributed by atoms with Gasteiger partial charge in [0.1, 0.15) is 6.33 Å². The van der Waals surface area contributed by atoms with Crippen molar-refractivity contribution >= 4 is 6.03 Å². The van der Waals surface area contributed by atoms with E-state index in [2.05, 4.69) is 30.3 Å². The van der Waals surface area contributed by atoms with Crippen LogP contribution < -0.4 is 5.32 Å². The molecule has 8 nitrogen and oxygen atoms in total. The van der Waals surface area contributed by atoms with Crippen LogP contribution in [0.1, 0.15) is 80.2 Å². The van der Waals surface area contributed by atoms with Crippen LogP contribution in [0.2, 0.25) is 0 Å². The minimum absolute atomic E-state index is 0.108. The maximum Gasteiger partial charge on any atom is 0.317 e. The topological polar surface area (TPSA) is 91.7 Å². The van der Waals surface area contributed by atoms with E-state index in [1.54, 1.807) is 11.2 Å². The second kappa shape index (κ2) is 8.75. The van der Waals surface area contributed by atoms with Crippen LogP contribution in [-0.4, -0.2) is 42.9 Å². The Morgan fingerprint density at radius 3 is 2.86 bits per heavy atom. The van der Waals surface area contributed by atoms with Crippen LogP contribution in [0, 0.1) is 0 Å². The molecule has 4 rings (SSSR count). The predicted octanol–water partition coefficient (Wildman–Crippen LogP) is 3.12. The van der Waals surface area contributed by atoms with E-state index in [9.17, 15) is 4.79 Å². The van der Waals surface area contributed by atoms with Gasteiger partial charge in [-0.05, 0) is 44.1 Å². The quantitative estimate of drug-likeness (QED) is 0.774. The molecule has 152 valence electrons. The van der Waals surface area contributed by atoms with Gasteiger partial charge in [0.05, 0.1) is 18.8 Å². The highest BCUT2D eigenvalue weighted by atomic mass is 16.2. The molecule has 2 heterocycles. The van der Waals surface area contributed by atoms with Gasteiger partial charge in [0.15, 0.2) is 5.82 Å². The minimum Gasteiger partial charge on any atom is -0.331 e. The van der Waals surface area contributed by atoms with Crippen molar-refractivity contribution in [3.8, 4) is 0 Å². The van der Waals surface area contributed by atoms with Crippen LogP contribution >= 0.6 is 0 Å². The maximum atomic E-state index is 12.6. The molecule has 28 heavy (non-hydrogen) atoms. The van der Waals surface area contributed by atoms with E-state index in [0.717, 1.165) is 24.4 Å². The van der Waals surface area contributed by atoms with Crippen molar-refractivity contribution in [2.75, 3.05) is 7.05 Å². The Morgan fingerprint density at radius 1 is 1.21 bits per heavy atom. The van der Waals surface area contributed by atoms with Crippen molar-refractivity contribution in [1.29, 1.82) is 0 Å². The molecule has 2 aliphatic carbocycles. The van der Waals surface area contributed by atoms with Gasteiger partial charge >= 0.3 is 6.03 Å². The molecule has 1 fully saturated rings. The Kier molecular flexibility index (Phi) is 5.92. The number of urea groups is 1. The van der Waals surface area contributed by atoms with Crippen molar-refractivity contribution in [3.63, 3.8) is 0 Å². The minimum atomic E-state index is -0.108. The number of hydrogen-bond acceptors (Lipinski definition) is 4. The highest BCUT2D eigenvalue weighted by Crippen LogP contribution is 2.28. The number of aromatic amines is 1. The monoisotopic (exact) mass is 385 g/mol. The lowest BCUT2D eigenvalue weighted by Crippen LogP contribution is -2.37. The van der Waals surface area contributed by atoms with Gasteiger partial charge in [0, 0.05) is 18.8 Å². The lowest BCUT2D eigenvalue weighted by molar-refractivity contribution is 0.205. The number of H-pyrrole nitrogens is 1. The first-order valence-corrected chi connectivity index (χ1v) is 10.6. The lowest BCUT2D eigenvalue weighted by atomic mass is 9.95. The number of fused-ring (bicyclic) bond motifs is 1. The lowest BCUT2D eigenvalue weighted by Gasteiger charge is -2.24. The summed E-state index contributed by atoms with van der Waals surface area (Å²) in [5.41, 5.74) is 3.57. The second-order valence-corrected chi connectivity index (χ2v) is 8.15. The molecular weight excluding hydrogens is 354 g/mol. The molecule has 0 saturated heterocycles. The number of carbonyl (C=O) groups is 1. The molecule has 2 N–H and O–H groups in total. The zero-order valence-corrected chi connectivity index (χ0v) is 16.8. The first-order valence-electron chi connectivity index (χ1n) is 10.6. The van der Waals surface area contributed by atoms with Gasteiger partial charge in [-0.2, -0.15) is 5.10 Å². The Bertz CT molecular complexity index is 790. The fraction of sp³-hybridized carbons (Fsp3) is 0.700. The third-order valence-corrected chi connectivity index (χ3v) is 6.14. The maximum absolute atomic E-state index is 12.6. The zero-order valence-electron chi connectivity index (χ0n) is 16.8. The van der Waals surface area contributed by atoms with Crippen molar-refractivity contribution < 1.29 is 4.79 Å². The summed E-state index contributed by atoms with van der Waals surface area (Å²) in [6.45, 7) is 0.922. The summed E-state index contributed by atoms with van der Waals surface area (Å²) >= 11 is 0. The summed E-state index contributed by atoms with van der Waals surface area (Å²) in [5, 5.41) is 18.9. The van der Waals surface area contributed by atoms with Gasteiger partial charge in [-0.1, -0.05) is 25.7 Å². The van der Waals surface area contributed by atoms with E-state index in [0.29, 0.717) is 19.1 Å². The summed E-state index contributed by atoms with van der Waals surface area (Å²) in [6, 6.07) is 0.358. The van der Waals surface area contributed by atoms with E-state index in [4.69, 9.17) is 0 Å². The largest absolute Gasteiger partial charge is 0.331 e. The highest BCUT2D eigenvalue weighted by Gasteiger charge is 2.21. The molecule has 0 spiro atoms. The van der Waals surface area contributed by atoms with Gasteiger partial charge in [-0.3, -0.25) is 5.10 Å². The average Bonchev–Trinajstić information content (AvgIpc) is 3.27. The molecule has 0 unspecified atom stereocenters. The normalized spacial score (nSPS) is 17.8. The fourth-order valence-corrected chi connectivity index (χ4v) is 4.50. The smallest absolute Gasteiger partial charge is 0.317 e. The summed E-state index contributed by atoms with van der Waals surface area (Å²) in [7, 11) is 1.82. The number of amides is 2. The molecule has 0 aliphatic heterocycles. The molecule has 2 aliphatic rings. The van der Waals surface area contributed by atoms with Crippen molar-refractivity contribution in [1.82, 2.24) is 35.2 Å². The van der Waals surface area contributed by atoms with E-state index in [1.165, 1.54) is 62.6 Å². The Morgan fingerprint density at radius 2 is 2.00 bits per heavy atom. The van der Waals surface area contributed by atoms with Crippen LogP contribution in [0.15, 0.2) is 6.33 Å². The molecule has 2 amide bonds. The standard InChI is InChI=1S/C20H31N7O/c1-26(13-18-16-10-6-3-7-11-17(16)23-24-18)20(28)21-12-19-25-22-14-27(19)15-8-4-2-5-9-15/h14-15H,2-13H2,1H3,(H,21,28)(H,23,24). The van der Waals surface area contributed by atoms with Gasteiger partial charge in [-0.25, -0.2) is 4.79 Å². The van der Waals surface area contributed by atoms with Gasteiger partial charge in [-0.15, -0.1) is 10.2 Å². The van der Waals surface area contributed by atoms with Crippen LogP contribution in [0.3, 0.4) is 0 Å². The van der Waals surface area contributed by atoms with Crippen LogP contribution in [-0.2, 0) is 25.9 Å². The van der Waals surface area contributed by atoms with E-state index >= 15 is 0 Å². The Labute approximate surface area is 166 Å². The number of nitrogens with one attached hydrogen (secondary N) is 2. The number of hydrogen-bond donors (Lipinski definition) is 2. The van der Waals surface area contributed by atoms with E-state index in [-0.39, 0.29) is 6.03 Å². The SMILES string of the molecule is CN(Cc1n[nH]c2c1CCCCC2)C(=O)NCc1nncn1C1CCCCC1. The van der Waals surface area contributed by atoms with E-state index < -0.39 is 0 Å². The Balaban J connectivity index is 1.33. The van der Waals surface area contributed by atoms with Gasteiger partial charge in [0.2, 0.25) is 0 Å². The number of aromatic nitrogens is 5. The number of carbonyl (C=O) groups excluding carboxylic acids is 1. The molecule has 8 heteroatoms. The molecular formula is C20H31N7O. The van der Waals surface area contributed by atoms with Crippen LogP contribution in [0.25, 0.3) is 0 Å². The second-order valence-electron chi connectivity index (χ2n) is 8.15. The first-order chi connectivity index (χ1) is 13.7.